The van der Waals surface area contributed by atoms with Crippen LogP contribution in [0.5, 0.6) is 0 Å². The van der Waals surface area contributed by atoms with Crippen molar-refractivity contribution in [2.24, 2.45) is 0 Å². The van der Waals surface area contributed by atoms with E-state index in [9.17, 15) is 0 Å². The lowest BCUT2D eigenvalue weighted by Gasteiger charge is -1.77. The van der Waals surface area contributed by atoms with E-state index in [-0.39, 0.29) is 0 Å². The van der Waals surface area contributed by atoms with Crippen molar-refractivity contribution in [3.05, 3.63) is 24.4 Å². The molecule has 1 heterocycles. The van der Waals surface area contributed by atoms with Crippen LogP contribution in [0.3, 0.4) is 0 Å². The standard InChI is InChI=1S/C6H9N2/c1-3-6-4-5(2)7-8-6/h4H,1,3H2,2H3,(H,7,8). The molecule has 8 heavy (non-hydrogen) atoms. The van der Waals surface area contributed by atoms with E-state index in [0.29, 0.717) is 0 Å². The molecule has 0 saturated carbocycles. The molecule has 0 saturated heterocycles. The molecular formula is C6H9N2. The SMILES string of the molecule is [CH2]Cc1cc(C)[nH]n1. The van der Waals surface area contributed by atoms with Crippen LogP contribution in [0.1, 0.15) is 11.4 Å². The molecule has 0 atom stereocenters. The maximum Gasteiger partial charge on any atom is 0.0624 e. The van der Waals surface area contributed by atoms with Gasteiger partial charge in [0.25, 0.3) is 0 Å². The molecule has 1 radical (unpaired) electrons. The predicted octanol–water partition coefficient (Wildman–Crippen LogP) is 1.09. The molecule has 1 aromatic heterocycles. The van der Waals surface area contributed by atoms with Crippen LogP contribution >= 0.6 is 0 Å². The summed E-state index contributed by atoms with van der Waals surface area (Å²) in [5.41, 5.74) is 2.13. The average molecular weight is 109 g/mol. The molecule has 0 spiro atoms. The van der Waals surface area contributed by atoms with E-state index < -0.39 is 0 Å². The van der Waals surface area contributed by atoms with Crippen LogP contribution in [-0.4, -0.2) is 10.2 Å². The summed E-state index contributed by atoms with van der Waals surface area (Å²) in [7, 11) is 0. The van der Waals surface area contributed by atoms with Crippen LogP contribution in [-0.2, 0) is 6.42 Å². The molecule has 2 nitrogen and oxygen atoms in total. The Morgan fingerprint density at radius 1 is 1.88 bits per heavy atom. The summed E-state index contributed by atoms with van der Waals surface area (Å²) >= 11 is 0. The predicted molar refractivity (Wildman–Crippen MR) is 32.4 cm³/mol. The van der Waals surface area contributed by atoms with E-state index in [0.717, 1.165) is 17.8 Å². The normalized spacial score (nSPS) is 9.75. The number of aryl methyl sites for hydroxylation is 1. The van der Waals surface area contributed by atoms with Gasteiger partial charge in [-0.15, -0.1) is 0 Å². The second kappa shape index (κ2) is 1.99. The minimum absolute atomic E-state index is 0.768. The molecule has 1 N–H and O–H groups in total. The van der Waals surface area contributed by atoms with Crippen molar-refractivity contribution in [1.29, 1.82) is 0 Å². The first-order chi connectivity index (χ1) is 3.83. The molecule has 0 amide bonds. The van der Waals surface area contributed by atoms with Crippen LogP contribution < -0.4 is 0 Å². The van der Waals surface area contributed by atoms with Gasteiger partial charge in [-0.3, -0.25) is 5.10 Å². The second-order valence-electron chi connectivity index (χ2n) is 1.79. The van der Waals surface area contributed by atoms with Crippen molar-refractivity contribution < 1.29 is 0 Å². The van der Waals surface area contributed by atoms with Gasteiger partial charge in [0.05, 0.1) is 5.69 Å². The van der Waals surface area contributed by atoms with Gasteiger partial charge in [0.15, 0.2) is 0 Å². The Bertz CT molecular complexity index is 167. The number of nitrogens with zero attached hydrogens (tertiary/aromatic N) is 1. The fraction of sp³-hybridized carbons (Fsp3) is 0.333. The van der Waals surface area contributed by atoms with E-state index >= 15 is 0 Å². The van der Waals surface area contributed by atoms with Gasteiger partial charge in [0.1, 0.15) is 0 Å². The quantitative estimate of drug-likeness (QED) is 0.574. The Morgan fingerprint density at radius 2 is 2.62 bits per heavy atom. The highest BCUT2D eigenvalue weighted by Crippen LogP contribution is 1.95. The van der Waals surface area contributed by atoms with Gasteiger partial charge >= 0.3 is 0 Å². The molecule has 0 fully saturated rings. The van der Waals surface area contributed by atoms with E-state index in [4.69, 9.17) is 0 Å². The zero-order chi connectivity index (χ0) is 5.98. The number of hydrogen-bond donors (Lipinski definition) is 1. The summed E-state index contributed by atoms with van der Waals surface area (Å²) in [6.07, 6.45) is 0.768. The average Bonchev–Trinajstić information content (AvgIpc) is 2.14. The van der Waals surface area contributed by atoms with Crippen molar-refractivity contribution in [2.45, 2.75) is 13.3 Å². The van der Waals surface area contributed by atoms with Gasteiger partial charge in [-0.05, 0) is 26.3 Å². The fourth-order valence-corrected chi connectivity index (χ4v) is 0.603. The minimum atomic E-state index is 0.768. The van der Waals surface area contributed by atoms with Crippen molar-refractivity contribution in [3.8, 4) is 0 Å². The van der Waals surface area contributed by atoms with Gasteiger partial charge in [-0.1, -0.05) is 0 Å². The lowest BCUT2D eigenvalue weighted by molar-refractivity contribution is 0.990. The number of H-pyrrole nitrogens is 1. The summed E-state index contributed by atoms with van der Waals surface area (Å²) in [4.78, 5) is 0. The van der Waals surface area contributed by atoms with E-state index in [1.54, 1.807) is 0 Å². The van der Waals surface area contributed by atoms with Crippen LogP contribution in [0.15, 0.2) is 6.07 Å². The molecule has 0 bridgehead atoms. The number of hydrogen-bond acceptors (Lipinski definition) is 1. The second-order valence-corrected chi connectivity index (χ2v) is 1.79. The molecule has 2 heteroatoms. The number of rotatable bonds is 1. The Hall–Kier alpha value is -0.790. The van der Waals surface area contributed by atoms with Crippen LogP contribution in [0.4, 0.5) is 0 Å². The molecule has 0 unspecified atom stereocenters. The van der Waals surface area contributed by atoms with Crippen LogP contribution in [0.25, 0.3) is 0 Å². The third kappa shape index (κ3) is 0.886. The third-order valence-electron chi connectivity index (χ3n) is 1.02. The summed E-state index contributed by atoms with van der Waals surface area (Å²) < 4.78 is 0. The molecule has 0 aliphatic rings. The lowest BCUT2D eigenvalue weighted by Crippen LogP contribution is -1.76. The Kier molecular flexibility index (Phi) is 1.33. The maximum absolute atomic E-state index is 3.95. The van der Waals surface area contributed by atoms with Crippen LogP contribution in [0.2, 0.25) is 0 Å². The first-order valence-corrected chi connectivity index (χ1v) is 2.63. The highest BCUT2D eigenvalue weighted by atomic mass is 15.1. The maximum atomic E-state index is 3.95. The summed E-state index contributed by atoms with van der Waals surface area (Å²) in [5.74, 6) is 0. The molecule has 1 aromatic rings. The topological polar surface area (TPSA) is 28.7 Å². The summed E-state index contributed by atoms with van der Waals surface area (Å²) in [6.45, 7) is 5.67. The van der Waals surface area contributed by atoms with E-state index in [1.807, 2.05) is 13.0 Å². The number of nitrogens with one attached hydrogen (secondary N) is 1. The van der Waals surface area contributed by atoms with E-state index in [2.05, 4.69) is 17.1 Å². The molecule has 0 aliphatic carbocycles. The third-order valence-corrected chi connectivity index (χ3v) is 1.02. The Morgan fingerprint density at radius 3 is 2.88 bits per heavy atom. The zero-order valence-corrected chi connectivity index (χ0v) is 4.94. The molecule has 43 valence electrons. The van der Waals surface area contributed by atoms with Gasteiger partial charge in [-0.25, -0.2) is 0 Å². The van der Waals surface area contributed by atoms with Gasteiger partial charge in [-0.2, -0.15) is 5.10 Å². The first-order valence-electron chi connectivity index (χ1n) is 2.63. The van der Waals surface area contributed by atoms with E-state index in [1.165, 1.54) is 0 Å². The van der Waals surface area contributed by atoms with Gasteiger partial charge < -0.3 is 0 Å². The van der Waals surface area contributed by atoms with Crippen molar-refractivity contribution >= 4 is 0 Å². The Balaban J connectivity index is 2.84. The molecule has 0 aliphatic heterocycles. The summed E-state index contributed by atoms with van der Waals surface area (Å²) in [5, 5.41) is 6.78. The zero-order valence-electron chi connectivity index (χ0n) is 4.94. The fourth-order valence-electron chi connectivity index (χ4n) is 0.603. The summed E-state index contributed by atoms with van der Waals surface area (Å²) in [6, 6.07) is 1.99. The molecular weight excluding hydrogens is 100 g/mol. The highest BCUT2D eigenvalue weighted by Gasteiger charge is 1.90. The van der Waals surface area contributed by atoms with Crippen molar-refractivity contribution in [1.82, 2.24) is 10.2 Å². The smallest absolute Gasteiger partial charge is 0.0624 e. The number of aromatic amines is 1. The van der Waals surface area contributed by atoms with Gasteiger partial charge in [0, 0.05) is 5.69 Å². The lowest BCUT2D eigenvalue weighted by atomic mass is 10.3. The molecule has 0 aromatic carbocycles. The Labute approximate surface area is 48.9 Å². The first kappa shape index (κ1) is 5.35. The van der Waals surface area contributed by atoms with Crippen LogP contribution in [0, 0.1) is 13.8 Å². The molecule has 1 rings (SSSR count). The van der Waals surface area contributed by atoms with Crippen molar-refractivity contribution in [3.63, 3.8) is 0 Å². The van der Waals surface area contributed by atoms with Crippen molar-refractivity contribution in [2.75, 3.05) is 0 Å². The highest BCUT2D eigenvalue weighted by molar-refractivity contribution is 5.06. The monoisotopic (exact) mass is 109 g/mol. The largest absolute Gasteiger partial charge is 0.283 e. The number of aromatic nitrogens is 2. The minimum Gasteiger partial charge on any atom is -0.283 e. The van der Waals surface area contributed by atoms with Gasteiger partial charge in [0.2, 0.25) is 0 Å².